The summed E-state index contributed by atoms with van der Waals surface area (Å²) in [5.74, 6) is -0.0945. The van der Waals surface area contributed by atoms with Gasteiger partial charge in [0.05, 0.1) is 23.7 Å². The van der Waals surface area contributed by atoms with Crippen molar-refractivity contribution in [3.8, 4) is 17.0 Å². The maximum Gasteiger partial charge on any atom is 0.309 e. The van der Waals surface area contributed by atoms with Crippen molar-refractivity contribution in [3.63, 3.8) is 0 Å². The van der Waals surface area contributed by atoms with Crippen LogP contribution >= 0.6 is 15.9 Å². The van der Waals surface area contributed by atoms with E-state index in [2.05, 4.69) is 26.1 Å². The summed E-state index contributed by atoms with van der Waals surface area (Å²) in [6.45, 7) is 1.95. The standard InChI is InChI=1S/C13H13BrN2O3/c1-7-5-8(3-4-10(7)19-2)13-12(14)9(15-16-13)6-11(17)18/h3-5H,6H2,1-2H3,(H,15,16)(H,17,18). The van der Waals surface area contributed by atoms with Crippen LogP contribution in [-0.2, 0) is 11.2 Å². The number of hydrogen-bond donors (Lipinski definition) is 2. The second-order valence-corrected chi connectivity index (χ2v) is 4.91. The summed E-state index contributed by atoms with van der Waals surface area (Å²) in [6.07, 6.45) is -0.0945. The minimum absolute atomic E-state index is 0.0945. The van der Waals surface area contributed by atoms with Gasteiger partial charge in [-0.1, -0.05) is 0 Å². The van der Waals surface area contributed by atoms with Crippen molar-refractivity contribution < 1.29 is 14.6 Å². The molecule has 2 rings (SSSR count). The molecule has 0 fully saturated rings. The van der Waals surface area contributed by atoms with Crippen LogP contribution in [0.5, 0.6) is 5.75 Å². The van der Waals surface area contributed by atoms with Gasteiger partial charge in [0.25, 0.3) is 0 Å². The molecule has 6 heteroatoms. The predicted molar refractivity (Wildman–Crippen MR) is 74.4 cm³/mol. The third-order valence-corrected chi connectivity index (χ3v) is 3.63. The summed E-state index contributed by atoms with van der Waals surface area (Å²) in [5, 5.41) is 15.7. The number of methoxy groups -OCH3 is 1. The van der Waals surface area contributed by atoms with Crippen LogP contribution in [-0.4, -0.2) is 28.4 Å². The highest BCUT2D eigenvalue weighted by atomic mass is 79.9. The Kier molecular flexibility index (Phi) is 3.90. The van der Waals surface area contributed by atoms with E-state index in [1.807, 2.05) is 25.1 Å². The molecule has 100 valence electrons. The van der Waals surface area contributed by atoms with Crippen molar-refractivity contribution in [2.45, 2.75) is 13.3 Å². The summed E-state index contributed by atoms with van der Waals surface area (Å²) < 4.78 is 5.89. The smallest absolute Gasteiger partial charge is 0.309 e. The molecule has 0 atom stereocenters. The van der Waals surface area contributed by atoms with Crippen LogP contribution in [0.1, 0.15) is 11.3 Å². The number of aryl methyl sites for hydroxylation is 1. The Bertz CT molecular complexity index is 622. The molecule has 0 aliphatic rings. The van der Waals surface area contributed by atoms with E-state index in [0.717, 1.165) is 16.9 Å². The van der Waals surface area contributed by atoms with Crippen LogP contribution in [0.25, 0.3) is 11.3 Å². The first-order valence-corrected chi connectivity index (χ1v) is 6.41. The van der Waals surface area contributed by atoms with Crippen molar-refractivity contribution in [2.24, 2.45) is 0 Å². The number of halogens is 1. The van der Waals surface area contributed by atoms with Gasteiger partial charge >= 0.3 is 5.97 Å². The molecule has 0 radical (unpaired) electrons. The number of H-pyrrole nitrogens is 1. The van der Waals surface area contributed by atoms with Gasteiger partial charge in [-0.25, -0.2) is 0 Å². The normalized spacial score (nSPS) is 10.5. The topological polar surface area (TPSA) is 75.2 Å². The van der Waals surface area contributed by atoms with E-state index in [1.165, 1.54) is 0 Å². The number of carboxylic acid groups (broad SMARTS) is 1. The molecule has 0 aliphatic carbocycles. The van der Waals surface area contributed by atoms with E-state index in [1.54, 1.807) is 7.11 Å². The summed E-state index contributed by atoms with van der Waals surface area (Å²) in [5.41, 5.74) is 3.14. The van der Waals surface area contributed by atoms with Crippen molar-refractivity contribution in [2.75, 3.05) is 7.11 Å². The number of hydrogen-bond acceptors (Lipinski definition) is 3. The Balaban J connectivity index is 2.39. The molecule has 19 heavy (non-hydrogen) atoms. The minimum atomic E-state index is -0.901. The number of aliphatic carboxylic acids is 1. The Hall–Kier alpha value is -1.82. The third-order valence-electron chi connectivity index (χ3n) is 2.77. The van der Waals surface area contributed by atoms with Gasteiger partial charge < -0.3 is 9.84 Å². The zero-order chi connectivity index (χ0) is 14.0. The lowest BCUT2D eigenvalue weighted by Crippen LogP contribution is -2.00. The molecule has 0 aliphatic heterocycles. The second-order valence-electron chi connectivity index (χ2n) is 4.12. The van der Waals surface area contributed by atoms with E-state index in [4.69, 9.17) is 9.84 Å². The molecule has 1 aromatic carbocycles. The minimum Gasteiger partial charge on any atom is -0.496 e. The second kappa shape index (κ2) is 5.44. The first-order valence-electron chi connectivity index (χ1n) is 5.62. The molecule has 5 nitrogen and oxygen atoms in total. The predicted octanol–water partition coefficient (Wildman–Crippen LogP) is 2.78. The SMILES string of the molecule is COc1ccc(-c2n[nH]c(CC(=O)O)c2Br)cc1C. The molecule has 0 saturated carbocycles. The maximum atomic E-state index is 10.7. The molecule has 1 heterocycles. The van der Waals surface area contributed by atoms with E-state index in [-0.39, 0.29) is 6.42 Å². The number of nitrogens with zero attached hydrogens (tertiary/aromatic N) is 1. The van der Waals surface area contributed by atoms with Crippen LogP contribution < -0.4 is 4.74 Å². The zero-order valence-electron chi connectivity index (χ0n) is 10.5. The first-order chi connectivity index (χ1) is 9.02. The highest BCUT2D eigenvalue weighted by molar-refractivity contribution is 9.10. The lowest BCUT2D eigenvalue weighted by Gasteiger charge is -2.06. The van der Waals surface area contributed by atoms with Crippen LogP contribution in [0.15, 0.2) is 22.7 Å². The number of aromatic nitrogens is 2. The van der Waals surface area contributed by atoms with Gasteiger partial charge in [0.2, 0.25) is 0 Å². The molecule has 0 spiro atoms. The summed E-state index contributed by atoms with van der Waals surface area (Å²) >= 11 is 3.39. The van der Waals surface area contributed by atoms with Gasteiger partial charge in [-0.3, -0.25) is 9.89 Å². The number of aromatic amines is 1. The monoisotopic (exact) mass is 324 g/mol. The number of carbonyl (C=O) groups is 1. The number of rotatable bonds is 4. The van der Waals surface area contributed by atoms with E-state index >= 15 is 0 Å². The van der Waals surface area contributed by atoms with Gasteiger partial charge in [0, 0.05) is 5.56 Å². The highest BCUT2D eigenvalue weighted by Gasteiger charge is 2.15. The van der Waals surface area contributed by atoms with Gasteiger partial charge in [-0.15, -0.1) is 0 Å². The fourth-order valence-corrected chi connectivity index (χ4v) is 2.40. The van der Waals surface area contributed by atoms with E-state index < -0.39 is 5.97 Å². The maximum absolute atomic E-state index is 10.7. The number of benzene rings is 1. The zero-order valence-corrected chi connectivity index (χ0v) is 12.1. The Labute approximate surface area is 118 Å². The number of nitrogens with one attached hydrogen (secondary N) is 1. The average molecular weight is 325 g/mol. The van der Waals surface area contributed by atoms with Gasteiger partial charge in [0.15, 0.2) is 0 Å². The average Bonchev–Trinajstić information content (AvgIpc) is 2.70. The first kappa shape index (κ1) is 13.6. The molecular weight excluding hydrogens is 312 g/mol. The summed E-state index contributed by atoms with van der Waals surface area (Å²) in [4.78, 5) is 10.7. The third kappa shape index (κ3) is 2.78. The van der Waals surface area contributed by atoms with Crippen LogP contribution in [0.2, 0.25) is 0 Å². The summed E-state index contributed by atoms with van der Waals surface area (Å²) in [6, 6.07) is 5.70. The molecule has 1 aromatic heterocycles. The van der Waals surface area contributed by atoms with Crippen molar-refractivity contribution in [1.29, 1.82) is 0 Å². The van der Waals surface area contributed by atoms with Gasteiger partial charge in [0.1, 0.15) is 11.4 Å². The van der Waals surface area contributed by atoms with Gasteiger partial charge in [-0.05, 0) is 46.6 Å². The quantitative estimate of drug-likeness (QED) is 0.906. The van der Waals surface area contributed by atoms with Crippen LogP contribution in [0, 0.1) is 6.92 Å². The number of carboxylic acids is 1. The lowest BCUT2D eigenvalue weighted by molar-refractivity contribution is -0.136. The van der Waals surface area contributed by atoms with Crippen molar-refractivity contribution >= 4 is 21.9 Å². The molecule has 2 N–H and O–H groups in total. The number of ether oxygens (including phenoxy) is 1. The molecule has 0 saturated heterocycles. The Morgan fingerprint density at radius 1 is 1.53 bits per heavy atom. The van der Waals surface area contributed by atoms with Crippen molar-refractivity contribution in [3.05, 3.63) is 33.9 Å². The molecule has 0 bridgehead atoms. The molecule has 0 unspecified atom stereocenters. The van der Waals surface area contributed by atoms with Crippen LogP contribution in [0.3, 0.4) is 0 Å². The van der Waals surface area contributed by atoms with Crippen LogP contribution in [0.4, 0.5) is 0 Å². The molecule has 0 amide bonds. The largest absolute Gasteiger partial charge is 0.496 e. The highest BCUT2D eigenvalue weighted by Crippen LogP contribution is 2.31. The molecular formula is C13H13BrN2O3. The van der Waals surface area contributed by atoms with Gasteiger partial charge in [-0.2, -0.15) is 5.10 Å². The fraction of sp³-hybridized carbons (Fsp3) is 0.231. The molecule has 2 aromatic rings. The van der Waals surface area contributed by atoms with E-state index in [0.29, 0.717) is 15.9 Å². The van der Waals surface area contributed by atoms with Crippen molar-refractivity contribution in [1.82, 2.24) is 10.2 Å². The fourth-order valence-electron chi connectivity index (χ4n) is 1.85. The lowest BCUT2D eigenvalue weighted by atomic mass is 10.1. The van der Waals surface area contributed by atoms with E-state index in [9.17, 15) is 4.79 Å². The Morgan fingerprint density at radius 3 is 2.84 bits per heavy atom. The Morgan fingerprint density at radius 2 is 2.26 bits per heavy atom. The summed E-state index contributed by atoms with van der Waals surface area (Å²) in [7, 11) is 1.62.